The summed E-state index contributed by atoms with van der Waals surface area (Å²) >= 11 is 0. The van der Waals surface area contributed by atoms with Crippen LogP contribution in [0.2, 0.25) is 0 Å². The maximum Gasteiger partial charge on any atom is 0.167 e. The van der Waals surface area contributed by atoms with Gasteiger partial charge in [-0.3, -0.25) is 9.78 Å². The van der Waals surface area contributed by atoms with E-state index in [-0.39, 0.29) is 18.0 Å². The van der Waals surface area contributed by atoms with E-state index in [0.29, 0.717) is 5.56 Å². The second-order valence-electron chi connectivity index (χ2n) is 5.05. The van der Waals surface area contributed by atoms with Crippen LogP contribution in [0.25, 0.3) is 10.9 Å². The van der Waals surface area contributed by atoms with Crippen LogP contribution in [-0.2, 0) is 6.42 Å². The Hall–Kier alpha value is -2.55. The number of aromatic nitrogens is 1. The van der Waals surface area contributed by atoms with Crippen LogP contribution in [0.1, 0.15) is 21.5 Å². The highest BCUT2D eigenvalue weighted by molar-refractivity contribution is 6.00. The number of nitrogens with zero attached hydrogens (tertiary/aromatic N) is 1. The van der Waals surface area contributed by atoms with Gasteiger partial charge in [-0.1, -0.05) is 24.3 Å². The van der Waals surface area contributed by atoms with E-state index in [1.54, 1.807) is 12.3 Å². The quantitative estimate of drug-likeness (QED) is 0.675. The molecular weight excluding hydrogens is 265 g/mol. The SMILES string of the molecule is Cc1ccc(F)cc1C(=O)Cc1ccnc2ccccc12. The Morgan fingerprint density at radius 3 is 2.81 bits per heavy atom. The molecule has 104 valence electrons. The standard InChI is InChI=1S/C18H14FNO/c1-12-6-7-14(19)11-16(12)18(21)10-13-8-9-20-17-5-3-2-4-15(13)17/h2-9,11H,10H2,1H3. The molecule has 0 saturated heterocycles. The van der Waals surface area contributed by atoms with Crippen LogP contribution >= 0.6 is 0 Å². The van der Waals surface area contributed by atoms with E-state index in [9.17, 15) is 9.18 Å². The number of aryl methyl sites for hydroxylation is 1. The zero-order valence-electron chi connectivity index (χ0n) is 11.6. The monoisotopic (exact) mass is 279 g/mol. The average Bonchev–Trinajstić information content (AvgIpc) is 2.50. The van der Waals surface area contributed by atoms with Gasteiger partial charge in [0, 0.05) is 23.6 Å². The third kappa shape index (κ3) is 2.68. The first-order valence-corrected chi connectivity index (χ1v) is 6.77. The predicted octanol–water partition coefficient (Wildman–Crippen LogP) is 4.11. The molecule has 2 nitrogen and oxygen atoms in total. The molecule has 0 atom stereocenters. The predicted molar refractivity (Wildman–Crippen MR) is 80.9 cm³/mol. The molecule has 3 rings (SSSR count). The number of Topliss-reactive ketones (excluding diaryl/α,β-unsaturated/α-hetero) is 1. The van der Waals surface area contributed by atoms with Gasteiger partial charge in [0.15, 0.2) is 5.78 Å². The van der Waals surface area contributed by atoms with E-state index < -0.39 is 0 Å². The van der Waals surface area contributed by atoms with E-state index in [0.717, 1.165) is 22.0 Å². The van der Waals surface area contributed by atoms with Crippen molar-refractivity contribution < 1.29 is 9.18 Å². The van der Waals surface area contributed by atoms with Crippen molar-refractivity contribution in [2.45, 2.75) is 13.3 Å². The molecule has 1 heterocycles. The first-order chi connectivity index (χ1) is 10.1. The Labute approximate surface area is 122 Å². The first-order valence-electron chi connectivity index (χ1n) is 6.77. The number of carbonyl (C=O) groups is 1. The summed E-state index contributed by atoms with van der Waals surface area (Å²) in [5.74, 6) is -0.466. The number of carbonyl (C=O) groups excluding carboxylic acids is 1. The lowest BCUT2D eigenvalue weighted by Gasteiger charge is -2.07. The molecule has 0 N–H and O–H groups in total. The van der Waals surface area contributed by atoms with Gasteiger partial charge in [-0.05, 0) is 42.3 Å². The van der Waals surface area contributed by atoms with Gasteiger partial charge in [0.25, 0.3) is 0 Å². The van der Waals surface area contributed by atoms with E-state index in [1.165, 1.54) is 12.1 Å². The summed E-state index contributed by atoms with van der Waals surface area (Å²) in [5.41, 5.74) is 3.00. The van der Waals surface area contributed by atoms with Crippen LogP contribution in [0.4, 0.5) is 4.39 Å². The van der Waals surface area contributed by atoms with Crippen LogP contribution < -0.4 is 0 Å². The maximum absolute atomic E-state index is 13.3. The summed E-state index contributed by atoms with van der Waals surface area (Å²) in [6.07, 6.45) is 1.94. The van der Waals surface area contributed by atoms with Gasteiger partial charge in [0.1, 0.15) is 5.82 Å². The topological polar surface area (TPSA) is 30.0 Å². The molecule has 0 radical (unpaired) electrons. The minimum absolute atomic E-state index is 0.0802. The molecule has 21 heavy (non-hydrogen) atoms. The molecule has 0 amide bonds. The Balaban J connectivity index is 1.99. The van der Waals surface area contributed by atoms with Crippen molar-refractivity contribution in [3.63, 3.8) is 0 Å². The molecule has 3 heteroatoms. The zero-order chi connectivity index (χ0) is 14.8. The Kier molecular flexibility index (Phi) is 3.48. The van der Waals surface area contributed by atoms with Crippen LogP contribution in [0.15, 0.2) is 54.7 Å². The van der Waals surface area contributed by atoms with Gasteiger partial charge < -0.3 is 0 Å². The molecule has 0 aliphatic rings. The Morgan fingerprint density at radius 1 is 1.14 bits per heavy atom. The van der Waals surface area contributed by atoms with Crippen molar-refractivity contribution in [3.8, 4) is 0 Å². The van der Waals surface area contributed by atoms with Gasteiger partial charge in [0.2, 0.25) is 0 Å². The number of pyridine rings is 1. The fraction of sp³-hybridized carbons (Fsp3) is 0.111. The molecule has 0 spiro atoms. The number of halogens is 1. The summed E-state index contributed by atoms with van der Waals surface area (Å²) in [5, 5.41) is 0.961. The van der Waals surface area contributed by atoms with Gasteiger partial charge in [-0.25, -0.2) is 4.39 Å². The molecule has 0 aliphatic heterocycles. The summed E-state index contributed by atoms with van der Waals surface area (Å²) in [6.45, 7) is 1.82. The molecule has 0 fully saturated rings. The molecule has 3 aromatic rings. The summed E-state index contributed by atoms with van der Waals surface area (Å²) in [7, 11) is 0. The molecule has 0 unspecified atom stereocenters. The number of para-hydroxylation sites is 1. The minimum Gasteiger partial charge on any atom is -0.294 e. The van der Waals surface area contributed by atoms with Gasteiger partial charge in [0.05, 0.1) is 5.52 Å². The second-order valence-corrected chi connectivity index (χ2v) is 5.05. The maximum atomic E-state index is 13.3. The highest BCUT2D eigenvalue weighted by Gasteiger charge is 2.13. The van der Waals surface area contributed by atoms with Crippen molar-refractivity contribution >= 4 is 16.7 Å². The smallest absolute Gasteiger partial charge is 0.167 e. The largest absolute Gasteiger partial charge is 0.294 e. The average molecular weight is 279 g/mol. The van der Waals surface area contributed by atoms with Crippen molar-refractivity contribution in [2.75, 3.05) is 0 Å². The number of hydrogen-bond donors (Lipinski definition) is 0. The summed E-state index contributed by atoms with van der Waals surface area (Å²) in [6, 6.07) is 13.8. The lowest BCUT2D eigenvalue weighted by Crippen LogP contribution is -2.07. The van der Waals surface area contributed by atoms with Gasteiger partial charge in [-0.2, -0.15) is 0 Å². The minimum atomic E-state index is -0.386. The third-order valence-electron chi connectivity index (χ3n) is 3.59. The molecular formula is C18H14FNO. The van der Waals surface area contributed by atoms with Crippen LogP contribution in [0.5, 0.6) is 0 Å². The highest BCUT2D eigenvalue weighted by atomic mass is 19.1. The number of benzene rings is 2. The van der Waals surface area contributed by atoms with E-state index in [2.05, 4.69) is 4.98 Å². The molecule has 0 aliphatic carbocycles. The molecule has 0 saturated carbocycles. The van der Waals surface area contributed by atoms with Crippen molar-refractivity contribution in [1.82, 2.24) is 4.98 Å². The molecule has 0 bridgehead atoms. The van der Waals surface area contributed by atoms with Crippen molar-refractivity contribution in [1.29, 1.82) is 0 Å². The summed E-state index contributed by atoms with van der Waals surface area (Å²) in [4.78, 5) is 16.7. The van der Waals surface area contributed by atoms with Crippen LogP contribution in [0.3, 0.4) is 0 Å². The second kappa shape index (κ2) is 5.44. The number of rotatable bonds is 3. The van der Waals surface area contributed by atoms with E-state index in [4.69, 9.17) is 0 Å². The molecule has 2 aromatic carbocycles. The highest BCUT2D eigenvalue weighted by Crippen LogP contribution is 2.19. The number of fused-ring (bicyclic) bond motifs is 1. The molecule has 1 aromatic heterocycles. The normalized spacial score (nSPS) is 10.8. The van der Waals surface area contributed by atoms with E-state index in [1.807, 2.05) is 37.3 Å². The lowest BCUT2D eigenvalue weighted by atomic mass is 9.97. The Bertz CT molecular complexity index is 821. The number of hydrogen-bond acceptors (Lipinski definition) is 2. The van der Waals surface area contributed by atoms with Crippen molar-refractivity contribution in [2.24, 2.45) is 0 Å². The van der Waals surface area contributed by atoms with Gasteiger partial charge in [-0.15, -0.1) is 0 Å². The third-order valence-corrected chi connectivity index (χ3v) is 3.59. The fourth-order valence-corrected chi connectivity index (χ4v) is 2.47. The van der Waals surface area contributed by atoms with Crippen molar-refractivity contribution in [3.05, 3.63) is 77.2 Å². The summed E-state index contributed by atoms with van der Waals surface area (Å²) < 4.78 is 13.3. The Morgan fingerprint density at radius 2 is 1.95 bits per heavy atom. The lowest BCUT2D eigenvalue weighted by molar-refractivity contribution is 0.0992. The van der Waals surface area contributed by atoms with E-state index >= 15 is 0 Å². The fourth-order valence-electron chi connectivity index (χ4n) is 2.47. The van der Waals surface area contributed by atoms with Crippen LogP contribution in [0, 0.1) is 12.7 Å². The van der Waals surface area contributed by atoms with Gasteiger partial charge >= 0.3 is 0 Å². The zero-order valence-corrected chi connectivity index (χ0v) is 11.6. The first kappa shape index (κ1) is 13.4. The van der Waals surface area contributed by atoms with Crippen LogP contribution in [-0.4, -0.2) is 10.8 Å². The number of ketones is 1.